The number of piperidine rings is 1. The largest absolute Gasteiger partial charge is 0.461 e. The predicted octanol–water partition coefficient (Wildman–Crippen LogP) is 3.40. The third kappa shape index (κ3) is 3.17. The summed E-state index contributed by atoms with van der Waals surface area (Å²) in [5, 5.41) is 10.4. The summed E-state index contributed by atoms with van der Waals surface area (Å²) >= 11 is 0. The molecule has 0 aliphatic carbocycles. The van der Waals surface area contributed by atoms with E-state index < -0.39 is 11.7 Å². The van der Waals surface area contributed by atoms with E-state index in [-0.39, 0.29) is 5.91 Å². The molecule has 0 unspecified atom stereocenters. The molecule has 1 amide bonds. The van der Waals surface area contributed by atoms with E-state index in [0.717, 1.165) is 29.9 Å². The van der Waals surface area contributed by atoms with Crippen LogP contribution in [0.25, 0.3) is 11.3 Å². The first-order valence-corrected chi connectivity index (χ1v) is 9.36. The van der Waals surface area contributed by atoms with Gasteiger partial charge in [-0.05, 0) is 56.9 Å². The number of likely N-dealkylation sites (tertiary alicyclic amines) is 1. The van der Waals surface area contributed by atoms with Gasteiger partial charge < -0.3 is 19.2 Å². The molecule has 0 radical (unpaired) electrons. The van der Waals surface area contributed by atoms with Crippen molar-refractivity contribution in [1.82, 2.24) is 4.90 Å². The molecule has 2 aliphatic heterocycles. The molecule has 2 aromatic rings. The lowest BCUT2D eigenvalue weighted by Crippen LogP contribution is -2.56. The molecule has 1 spiro atoms. The van der Waals surface area contributed by atoms with Crippen molar-refractivity contribution >= 4 is 5.91 Å². The van der Waals surface area contributed by atoms with Crippen LogP contribution in [-0.4, -0.2) is 47.3 Å². The summed E-state index contributed by atoms with van der Waals surface area (Å²) in [6.07, 6.45) is 2.66. The molecule has 5 heteroatoms. The zero-order valence-corrected chi connectivity index (χ0v) is 15.1. The van der Waals surface area contributed by atoms with E-state index in [1.165, 1.54) is 0 Å². The number of hydrogen-bond acceptors (Lipinski definition) is 4. The zero-order chi connectivity index (χ0) is 18.1. The molecule has 2 fully saturated rings. The average Bonchev–Trinajstić information content (AvgIpc) is 3.11. The maximum atomic E-state index is 12.9. The standard InChI is InChI=1S/C21H25NO4/c1-15-7-8-18(26-15)16-4-2-5-17(14-16)20(24)22-11-9-21(10-12-22)19(23)6-3-13-25-21/h2,4-5,7-8,14,19,23H,3,6,9-13H2,1H3/t19-/m1/s1. The Hall–Kier alpha value is -2.11. The van der Waals surface area contributed by atoms with E-state index >= 15 is 0 Å². The van der Waals surface area contributed by atoms with Crippen molar-refractivity contribution in [1.29, 1.82) is 0 Å². The Bertz CT molecular complexity index is 789. The van der Waals surface area contributed by atoms with Gasteiger partial charge in [-0.15, -0.1) is 0 Å². The molecule has 1 aromatic carbocycles. The lowest BCUT2D eigenvalue weighted by atomic mass is 9.82. The van der Waals surface area contributed by atoms with Crippen molar-refractivity contribution in [3.63, 3.8) is 0 Å². The summed E-state index contributed by atoms with van der Waals surface area (Å²) in [7, 11) is 0. The van der Waals surface area contributed by atoms with Crippen LogP contribution in [0.3, 0.4) is 0 Å². The maximum absolute atomic E-state index is 12.9. The smallest absolute Gasteiger partial charge is 0.253 e. The molecule has 0 saturated carbocycles. The number of ether oxygens (including phenoxy) is 1. The Labute approximate surface area is 153 Å². The topological polar surface area (TPSA) is 62.9 Å². The Balaban J connectivity index is 1.47. The lowest BCUT2D eigenvalue weighted by molar-refractivity contribution is -0.174. The number of hydrogen-bond donors (Lipinski definition) is 1. The summed E-state index contributed by atoms with van der Waals surface area (Å²) in [6, 6.07) is 11.4. The minimum absolute atomic E-state index is 0.0234. The fraction of sp³-hybridized carbons (Fsp3) is 0.476. The van der Waals surface area contributed by atoms with Crippen LogP contribution in [0, 0.1) is 6.92 Å². The molecule has 2 saturated heterocycles. The Morgan fingerprint density at radius 2 is 2.04 bits per heavy atom. The summed E-state index contributed by atoms with van der Waals surface area (Å²) in [5.74, 6) is 1.65. The second kappa shape index (κ2) is 6.89. The number of carbonyl (C=O) groups excluding carboxylic acids is 1. The number of carbonyl (C=O) groups is 1. The van der Waals surface area contributed by atoms with Gasteiger partial charge in [0.2, 0.25) is 0 Å². The van der Waals surface area contributed by atoms with Crippen molar-refractivity contribution in [2.75, 3.05) is 19.7 Å². The fourth-order valence-electron chi connectivity index (χ4n) is 4.05. The third-order valence-corrected chi connectivity index (χ3v) is 5.65. The maximum Gasteiger partial charge on any atom is 0.253 e. The van der Waals surface area contributed by atoms with Crippen LogP contribution in [0.1, 0.15) is 41.8 Å². The second-order valence-corrected chi connectivity index (χ2v) is 7.35. The van der Waals surface area contributed by atoms with Crippen LogP contribution in [-0.2, 0) is 4.74 Å². The van der Waals surface area contributed by atoms with Crippen LogP contribution in [0.5, 0.6) is 0 Å². The third-order valence-electron chi connectivity index (χ3n) is 5.65. The number of aliphatic hydroxyl groups is 1. The van der Waals surface area contributed by atoms with Crippen LogP contribution < -0.4 is 0 Å². The van der Waals surface area contributed by atoms with Crippen LogP contribution in [0.4, 0.5) is 0 Å². The number of rotatable bonds is 2. The first-order valence-electron chi connectivity index (χ1n) is 9.36. The molecule has 138 valence electrons. The van der Waals surface area contributed by atoms with E-state index in [4.69, 9.17) is 9.15 Å². The highest BCUT2D eigenvalue weighted by molar-refractivity contribution is 5.95. The highest BCUT2D eigenvalue weighted by Gasteiger charge is 2.44. The van der Waals surface area contributed by atoms with E-state index in [0.29, 0.717) is 38.1 Å². The molecule has 5 nitrogen and oxygen atoms in total. The molecule has 0 bridgehead atoms. The number of amides is 1. The summed E-state index contributed by atoms with van der Waals surface area (Å²) in [4.78, 5) is 14.8. The Kier molecular flexibility index (Phi) is 4.59. The number of benzene rings is 1. The Morgan fingerprint density at radius 3 is 2.73 bits per heavy atom. The molecule has 1 atom stereocenters. The normalized spacial score (nSPS) is 22.5. The number of aryl methyl sites for hydroxylation is 1. The van der Waals surface area contributed by atoms with Gasteiger partial charge in [0.25, 0.3) is 5.91 Å². The SMILES string of the molecule is Cc1ccc(-c2cccc(C(=O)N3CCC4(CC3)OCCC[C@H]4O)c2)o1. The minimum Gasteiger partial charge on any atom is -0.461 e. The molecule has 3 heterocycles. The van der Waals surface area contributed by atoms with Crippen molar-refractivity contribution in [2.24, 2.45) is 0 Å². The van der Waals surface area contributed by atoms with E-state index in [9.17, 15) is 9.90 Å². The van der Waals surface area contributed by atoms with Crippen molar-refractivity contribution in [3.05, 3.63) is 47.7 Å². The van der Waals surface area contributed by atoms with Gasteiger partial charge in [0.1, 0.15) is 11.5 Å². The van der Waals surface area contributed by atoms with Gasteiger partial charge >= 0.3 is 0 Å². The quantitative estimate of drug-likeness (QED) is 0.897. The van der Waals surface area contributed by atoms with Gasteiger partial charge in [-0.1, -0.05) is 12.1 Å². The molecular formula is C21H25NO4. The number of nitrogens with zero attached hydrogens (tertiary/aromatic N) is 1. The molecule has 26 heavy (non-hydrogen) atoms. The highest BCUT2D eigenvalue weighted by atomic mass is 16.5. The van der Waals surface area contributed by atoms with Gasteiger partial charge in [0.15, 0.2) is 0 Å². The number of furan rings is 1. The first kappa shape index (κ1) is 17.3. The second-order valence-electron chi connectivity index (χ2n) is 7.35. The monoisotopic (exact) mass is 355 g/mol. The summed E-state index contributed by atoms with van der Waals surface area (Å²) in [6.45, 7) is 3.83. The average molecular weight is 355 g/mol. The molecule has 1 N–H and O–H groups in total. The van der Waals surface area contributed by atoms with Crippen molar-refractivity contribution in [2.45, 2.75) is 44.3 Å². The van der Waals surface area contributed by atoms with Crippen LogP contribution in [0.2, 0.25) is 0 Å². The molecule has 2 aliphatic rings. The number of aliphatic hydroxyl groups excluding tert-OH is 1. The van der Waals surface area contributed by atoms with Gasteiger partial charge in [0, 0.05) is 30.8 Å². The lowest BCUT2D eigenvalue weighted by Gasteiger charge is -2.46. The van der Waals surface area contributed by atoms with Crippen molar-refractivity contribution in [3.8, 4) is 11.3 Å². The molecule has 1 aromatic heterocycles. The summed E-state index contributed by atoms with van der Waals surface area (Å²) in [5.41, 5.74) is 1.11. The van der Waals surface area contributed by atoms with E-state index in [1.807, 2.05) is 48.2 Å². The zero-order valence-electron chi connectivity index (χ0n) is 15.1. The Morgan fingerprint density at radius 1 is 1.23 bits per heavy atom. The highest BCUT2D eigenvalue weighted by Crippen LogP contribution is 2.35. The van der Waals surface area contributed by atoms with Gasteiger partial charge in [-0.2, -0.15) is 0 Å². The predicted molar refractivity (Wildman–Crippen MR) is 97.9 cm³/mol. The van der Waals surface area contributed by atoms with Gasteiger partial charge in [0.05, 0.1) is 11.7 Å². The fourth-order valence-corrected chi connectivity index (χ4v) is 4.05. The first-order chi connectivity index (χ1) is 12.6. The van der Waals surface area contributed by atoms with Gasteiger partial charge in [-0.25, -0.2) is 0 Å². The minimum atomic E-state index is -0.456. The van der Waals surface area contributed by atoms with Crippen LogP contribution in [0.15, 0.2) is 40.8 Å². The van der Waals surface area contributed by atoms with E-state index in [2.05, 4.69) is 0 Å². The van der Waals surface area contributed by atoms with Crippen LogP contribution >= 0.6 is 0 Å². The van der Waals surface area contributed by atoms with E-state index in [1.54, 1.807) is 0 Å². The summed E-state index contributed by atoms with van der Waals surface area (Å²) < 4.78 is 11.6. The van der Waals surface area contributed by atoms with Crippen molar-refractivity contribution < 1.29 is 19.1 Å². The molecular weight excluding hydrogens is 330 g/mol. The molecule has 4 rings (SSSR count). The van der Waals surface area contributed by atoms with Gasteiger partial charge in [-0.3, -0.25) is 4.79 Å².